The molecule has 4 rings (SSSR count). The summed E-state index contributed by atoms with van der Waals surface area (Å²) in [6, 6.07) is 11.0. The average Bonchev–Trinajstić information content (AvgIpc) is 3.00. The highest BCUT2D eigenvalue weighted by Crippen LogP contribution is 2.34. The number of hydrogen-bond donors (Lipinski definition) is 1. The monoisotopic (exact) mass is 396 g/mol. The molecule has 0 saturated carbocycles. The third kappa shape index (κ3) is 2.92. The van der Waals surface area contributed by atoms with Crippen molar-refractivity contribution >= 4 is 32.4 Å². The molecule has 28 heavy (non-hydrogen) atoms. The van der Waals surface area contributed by atoms with Gasteiger partial charge in [-0.2, -0.15) is 0 Å². The molecular weight excluding hydrogens is 372 g/mol. The Balaban J connectivity index is 1.87. The zero-order valence-electron chi connectivity index (χ0n) is 16.4. The van der Waals surface area contributed by atoms with Crippen LogP contribution in [0, 0.1) is 13.8 Å². The summed E-state index contributed by atoms with van der Waals surface area (Å²) >= 11 is 0. The maximum Gasteiger partial charge on any atom is 0.264 e. The maximum absolute atomic E-state index is 13.5. The zero-order valence-corrected chi connectivity index (χ0v) is 17.2. The molecule has 0 radical (unpaired) electrons. The van der Waals surface area contributed by atoms with Crippen LogP contribution in [0.25, 0.3) is 10.9 Å². The van der Waals surface area contributed by atoms with Gasteiger partial charge >= 0.3 is 0 Å². The Hall–Kier alpha value is -2.60. The Labute approximate surface area is 165 Å². The summed E-state index contributed by atoms with van der Waals surface area (Å²) in [7, 11) is -3.73. The Kier molecular flexibility index (Phi) is 4.54. The molecule has 146 valence electrons. The molecule has 0 fully saturated rings. The molecule has 5 nitrogen and oxygen atoms in total. The van der Waals surface area contributed by atoms with E-state index in [9.17, 15) is 13.2 Å². The molecule has 0 amide bonds. The molecule has 1 N–H and O–H groups in total. The van der Waals surface area contributed by atoms with Crippen LogP contribution >= 0.6 is 0 Å². The fourth-order valence-electron chi connectivity index (χ4n) is 4.11. The molecule has 0 spiro atoms. The predicted molar refractivity (Wildman–Crippen MR) is 112 cm³/mol. The fourth-order valence-corrected chi connectivity index (χ4v) is 5.81. The van der Waals surface area contributed by atoms with Gasteiger partial charge in [0.2, 0.25) is 0 Å². The Bertz CT molecular complexity index is 1190. The summed E-state index contributed by atoms with van der Waals surface area (Å²) in [6.45, 7) is 5.91. The van der Waals surface area contributed by atoms with Crippen molar-refractivity contribution in [1.82, 2.24) is 4.98 Å². The average molecular weight is 397 g/mol. The molecule has 0 unspecified atom stereocenters. The highest BCUT2D eigenvalue weighted by molar-refractivity contribution is 7.92. The number of hydrogen-bond acceptors (Lipinski definition) is 3. The first kappa shape index (κ1) is 18.7. The van der Waals surface area contributed by atoms with Gasteiger partial charge in [0, 0.05) is 35.1 Å². The lowest BCUT2D eigenvalue weighted by Crippen LogP contribution is -2.31. The maximum atomic E-state index is 13.5. The van der Waals surface area contributed by atoms with Gasteiger partial charge in [-0.15, -0.1) is 0 Å². The van der Waals surface area contributed by atoms with E-state index in [1.165, 1.54) is 4.31 Å². The number of anilines is 1. The van der Waals surface area contributed by atoms with E-state index in [0.29, 0.717) is 29.7 Å². The molecule has 6 heteroatoms. The van der Waals surface area contributed by atoms with E-state index >= 15 is 0 Å². The van der Waals surface area contributed by atoms with Gasteiger partial charge in [-0.05, 0) is 69.0 Å². The first-order chi connectivity index (χ1) is 13.3. The first-order valence-electron chi connectivity index (χ1n) is 9.60. The molecule has 0 saturated heterocycles. The molecule has 0 bridgehead atoms. The second-order valence-corrected chi connectivity index (χ2v) is 9.26. The number of sulfonamides is 1. The SMILES string of the molecule is CCN(c1cccc(C)c1)S(=O)(=O)c1cc2[nH]c3c(c2cc1C)C(=O)CCC3. The van der Waals surface area contributed by atoms with Gasteiger partial charge in [-0.3, -0.25) is 9.10 Å². The van der Waals surface area contributed by atoms with Crippen molar-refractivity contribution in [2.45, 2.75) is 44.9 Å². The van der Waals surface area contributed by atoms with E-state index in [1.807, 2.05) is 44.2 Å². The van der Waals surface area contributed by atoms with Crippen molar-refractivity contribution in [3.8, 4) is 0 Å². The third-order valence-electron chi connectivity index (χ3n) is 5.43. The number of aromatic amines is 1. The smallest absolute Gasteiger partial charge is 0.264 e. The standard InChI is InChI=1S/C22H24N2O3S/c1-4-24(16-8-5-7-14(2)11-16)28(26,27)21-13-19-17(12-15(21)3)22-18(23-19)9-6-10-20(22)25/h5,7-8,11-13,23H,4,6,9-10H2,1-3H3. The Morgan fingerprint density at radius 1 is 1.11 bits per heavy atom. The number of fused-ring (bicyclic) bond motifs is 3. The van der Waals surface area contributed by atoms with Crippen LogP contribution in [0.3, 0.4) is 0 Å². The lowest BCUT2D eigenvalue weighted by atomic mass is 9.94. The minimum absolute atomic E-state index is 0.137. The summed E-state index contributed by atoms with van der Waals surface area (Å²) in [5, 5.41) is 0.828. The Morgan fingerprint density at radius 3 is 2.61 bits per heavy atom. The second kappa shape index (κ2) is 6.78. The minimum atomic E-state index is -3.73. The van der Waals surface area contributed by atoms with Crippen LogP contribution in [0.4, 0.5) is 5.69 Å². The van der Waals surface area contributed by atoms with Crippen LogP contribution < -0.4 is 4.31 Å². The highest BCUT2D eigenvalue weighted by Gasteiger charge is 2.28. The first-order valence-corrected chi connectivity index (χ1v) is 11.0. The van der Waals surface area contributed by atoms with E-state index < -0.39 is 10.0 Å². The zero-order chi connectivity index (χ0) is 20.1. The van der Waals surface area contributed by atoms with Gasteiger partial charge in [-0.25, -0.2) is 8.42 Å². The number of ketones is 1. The molecule has 1 aromatic heterocycles. The number of carbonyl (C=O) groups is 1. The molecule has 1 aliphatic rings. The topological polar surface area (TPSA) is 70.2 Å². The number of Topliss-reactive ketones (excluding diaryl/α,β-unsaturated/α-hetero) is 1. The molecule has 1 aliphatic carbocycles. The van der Waals surface area contributed by atoms with Crippen molar-refractivity contribution in [3.05, 3.63) is 58.8 Å². The van der Waals surface area contributed by atoms with Crippen molar-refractivity contribution < 1.29 is 13.2 Å². The summed E-state index contributed by atoms with van der Waals surface area (Å²) in [4.78, 5) is 15.9. The molecular formula is C22H24N2O3S. The number of carbonyl (C=O) groups excluding carboxylic acids is 1. The summed E-state index contributed by atoms with van der Waals surface area (Å²) in [5.74, 6) is 0.137. The van der Waals surface area contributed by atoms with E-state index in [-0.39, 0.29) is 10.7 Å². The number of rotatable bonds is 4. The number of H-pyrrole nitrogens is 1. The van der Waals surface area contributed by atoms with Crippen LogP contribution in [-0.4, -0.2) is 25.7 Å². The second-order valence-electron chi connectivity index (χ2n) is 7.43. The van der Waals surface area contributed by atoms with Gasteiger partial charge in [0.05, 0.1) is 10.6 Å². The molecule has 0 atom stereocenters. The summed E-state index contributed by atoms with van der Waals surface area (Å²) in [6.07, 6.45) is 2.21. The van der Waals surface area contributed by atoms with Crippen LogP contribution in [0.1, 0.15) is 46.9 Å². The molecule has 2 aromatic carbocycles. The van der Waals surface area contributed by atoms with E-state index in [0.717, 1.165) is 35.0 Å². The van der Waals surface area contributed by atoms with E-state index in [4.69, 9.17) is 0 Å². The normalized spacial score (nSPS) is 14.3. The molecule has 3 aromatic rings. The molecule has 0 aliphatic heterocycles. The number of nitrogens with zero attached hydrogens (tertiary/aromatic N) is 1. The fraction of sp³-hybridized carbons (Fsp3) is 0.318. The number of benzene rings is 2. The lowest BCUT2D eigenvalue weighted by molar-refractivity contribution is 0.0974. The van der Waals surface area contributed by atoms with Gasteiger partial charge in [-0.1, -0.05) is 12.1 Å². The Morgan fingerprint density at radius 2 is 1.89 bits per heavy atom. The number of nitrogens with one attached hydrogen (secondary N) is 1. The van der Waals surface area contributed by atoms with Crippen LogP contribution in [-0.2, 0) is 16.4 Å². The van der Waals surface area contributed by atoms with Gasteiger partial charge < -0.3 is 4.98 Å². The largest absolute Gasteiger partial charge is 0.358 e. The van der Waals surface area contributed by atoms with Crippen molar-refractivity contribution in [1.29, 1.82) is 0 Å². The number of aryl methyl sites for hydroxylation is 3. The van der Waals surface area contributed by atoms with E-state index in [1.54, 1.807) is 13.0 Å². The lowest BCUT2D eigenvalue weighted by Gasteiger charge is -2.24. The summed E-state index contributed by atoms with van der Waals surface area (Å²) < 4.78 is 28.4. The third-order valence-corrected chi connectivity index (χ3v) is 7.47. The van der Waals surface area contributed by atoms with E-state index in [2.05, 4.69) is 4.98 Å². The van der Waals surface area contributed by atoms with Crippen LogP contribution in [0.5, 0.6) is 0 Å². The van der Waals surface area contributed by atoms with Gasteiger partial charge in [0.15, 0.2) is 5.78 Å². The van der Waals surface area contributed by atoms with Crippen molar-refractivity contribution in [3.63, 3.8) is 0 Å². The van der Waals surface area contributed by atoms with Crippen molar-refractivity contribution in [2.75, 3.05) is 10.8 Å². The van der Waals surface area contributed by atoms with Crippen LogP contribution in [0.15, 0.2) is 41.3 Å². The predicted octanol–water partition coefficient (Wildman–Crippen LogP) is 4.52. The summed E-state index contributed by atoms with van der Waals surface area (Å²) in [5.41, 5.74) is 4.69. The number of aromatic nitrogens is 1. The van der Waals surface area contributed by atoms with Crippen LogP contribution in [0.2, 0.25) is 0 Å². The minimum Gasteiger partial charge on any atom is -0.358 e. The van der Waals surface area contributed by atoms with Crippen molar-refractivity contribution in [2.24, 2.45) is 0 Å². The highest BCUT2D eigenvalue weighted by atomic mass is 32.2. The van der Waals surface area contributed by atoms with Gasteiger partial charge in [0.1, 0.15) is 0 Å². The quantitative estimate of drug-likeness (QED) is 0.705. The molecule has 1 heterocycles. The van der Waals surface area contributed by atoms with Gasteiger partial charge in [0.25, 0.3) is 10.0 Å².